The van der Waals surface area contributed by atoms with Gasteiger partial charge in [0.2, 0.25) is 0 Å². The monoisotopic (exact) mass is 802 g/mol. The average Bonchev–Trinajstić information content (AvgIpc) is 3.97. The standard InChI is InChI=1S/C56H54N2O3/c1-54-30-28-39(33-38(54)23-24-40-43-25-27-47(59)55(43,2)31-29-44(40)54)61-53(60)35-22-26-46-42(32-35)50-48(34-14-6-3-7-15-34)49-41-20-12-13-21-45(41)57-51(49)56(52(50)58-46,36-16-8-4-9-17-36)37-18-10-5-11-19-37/h3-22,26,32,38-40,43-44,48,57-58H,23-25,27-31,33H2,1-2H3/t38?,39?,40?,43?,44?,48?,54-,55-/m0/s1. The molecule has 6 unspecified atom stereocenters. The van der Waals surface area contributed by atoms with E-state index in [0.717, 1.165) is 66.3 Å². The summed E-state index contributed by atoms with van der Waals surface area (Å²) in [6.45, 7) is 4.82. The van der Waals surface area contributed by atoms with Crippen LogP contribution in [0.3, 0.4) is 0 Å². The van der Waals surface area contributed by atoms with E-state index in [0.29, 0.717) is 35.0 Å². The van der Waals surface area contributed by atoms with Crippen LogP contribution in [-0.2, 0) is 14.9 Å². The van der Waals surface area contributed by atoms with Crippen LogP contribution in [0.2, 0.25) is 0 Å². The summed E-state index contributed by atoms with van der Waals surface area (Å²) in [5.41, 5.74) is 10.5. The van der Waals surface area contributed by atoms with Gasteiger partial charge in [0, 0.05) is 50.9 Å². The Bertz CT molecular complexity index is 2800. The van der Waals surface area contributed by atoms with Gasteiger partial charge in [-0.2, -0.15) is 0 Å². The van der Waals surface area contributed by atoms with Crippen molar-refractivity contribution >= 4 is 33.6 Å². The second kappa shape index (κ2) is 13.7. The highest BCUT2D eigenvalue weighted by Gasteiger charge is 2.60. The molecule has 5 aliphatic carbocycles. The number of aromatic amines is 2. The molecule has 5 aliphatic rings. The van der Waals surface area contributed by atoms with Crippen LogP contribution in [0.4, 0.5) is 0 Å². The summed E-state index contributed by atoms with van der Waals surface area (Å²) < 4.78 is 6.57. The van der Waals surface area contributed by atoms with Gasteiger partial charge in [-0.15, -0.1) is 0 Å². The average molecular weight is 803 g/mol. The predicted molar refractivity (Wildman–Crippen MR) is 242 cm³/mol. The molecule has 61 heavy (non-hydrogen) atoms. The van der Waals surface area contributed by atoms with Gasteiger partial charge in [0.1, 0.15) is 17.3 Å². The molecule has 5 nitrogen and oxygen atoms in total. The number of rotatable bonds is 5. The summed E-state index contributed by atoms with van der Waals surface area (Å²) >= 11 is 0. The molecule has 2 heterocycles. The van der Waals surface area contributed by atoms with Gasteiger partial charge in [0.15, 0.2) is 0 Å². The number of aromatic nitrogens is 2. The third-order valence-corrected chi connectivity index (χ3v) is 17.3. The van der Waals surface area contributed by atoms with Gasteiger partial charge in [-0.25, -0.2) is 4.79 Å². The Morgan fingerprint density at radius 1 is 0.639 bits per heavy atom. The Morgan fingerprint density at radius 2 is 1.28 bits per heavy atom. The van der Waals surface area contributed by atoms with Crippen molar-refractivity contribution in [1.82, 2.24) is 9.97 Å². The van der Waals surface area contributed by atoms with Gasteiger partial charge in [-0.05, 0) is 133 Å². The molecule has 0 radical (unpaired) electrons. The van der Waals surface area contributed by atoms with E-state index in [9.17, 15) is 9.59 Å². The zero-order valence-electron chi connectivity index (χ0n) is 35.3. The van der Waals surface area contributed by atoms with Crippen LogP contribution in [0, 0.1) is 34.5 Å². The molecule has 8 atom stereocenters. The largest absolute Gasteiger partial charge is 0.459 e. The fourth-order valence-electron chi connectivity index (χ4n) is 14.4. The molecule has 2 aromatic heterocycles. The zero-order valence-corrected chi connectivity index (χ0v) is 35.3. The van der Waals surface area contributed by atoms with E-state index < -0.39 is 5.41 Å². The Kier molecular flexibility index (Phi) is 8.31. The van der Waals surface area contributed by atoms with Crippen molar-refractivity contribution in [2.75, 3.05) is 0 Å². The van der Waals surface area contributed by atoms with Gasteiger partial charge < -0.3 is 14.7 Å². The van der Waals surface area contributed by atoms with Crippen LogP contribution in [0.5, 0.6) is 0 Å². The number of ether oxygens (including phenoxy) is 1. The first kappa shape index (κ1) is 37.1. The topological polar surface area (TPSA) is 75.0 Å². The summed E-state index contributed by atoms with van der Waals surface area (Å²) in [6, 6.07) is 47.5. The van der Waals surface area contributed by atoms with E-state index in [1.165, 1.54) is 52.5 Å². The van der Waals surface area contributed by atoms with E-state index in [1.807, 2.05) is 6.07 Å². The lowest BCUT2D eigenvalue weighted by Gasteiger charge is -2.60. The van der Waals surface area contributed by atoms with Crippen molar-refractivity contribution in [3.8, 4) is 0 Å². The van der Waals surface area contributed by atoms with E-state index in [-0.39, 0.29) is 28.8 Å². The van der Waals surface area contributed by atoms with E-state index in [2.05, 4.69) is 151 Å². The van der Waals surface area contributed by atoms with Crippen molar-refractivity contribution < 1.29 is 14.3 Å². The molecule has 5 heteroatoms. The number of nitrogens with one attached hydrogen (secondary N) is 2. The van der Waals surface area contributed by atoms with Crippen molar-refractivity contribution in [3.63, 3.8) is 0 Å². The summed E-state index contributed by atoms with van der Waals surface area (Å²) in [7, 11) is 0. The van der Waals surface area contributed by atoms with Crippen LogP contribution < -0.4 is 0 Å². The first-order chi connectivity index (χ1) is 29.8. The van der Waals surface area contributed by atoms with Gasteiger partial charge in [0.05, 0.1) is 5.56 Å². The van der Waals surface area contributed by atoms with E-state index >= 15 is 0 Å². The van der Waals surface area contributed by atoms with Crippen LogP contribution in [-0.4, -0.2) is 27.8 Å². The first-order valence-electron chi connectivity index (χ1n) is 23.0. The Labute approximate surface area is 358 Å². The Hall–Kier alpha value is -5.68. The fourth-order valence-corrected chi connectivity index (χ4v) is 14.4. The number of para-hydroxylation sites is 1. The first-order valence-corrected chi connectivity index (χ1v) is 23.0. The van der Waals surface area contributed by atoms with E-state index in [4.69, 9.17) is 4.74 Å². The minimum Gasteiger partial charge on any atom is -0.459 e. The second-order valence-electron chi connectivity index (χ2n) is 19.8. The SMILES string of the molecule is C[C@]12CCC(OC(=O)c3ccc4[nH]c5c(c4c3)C(c3ccccc3)c3c([nH]c4ccccc34)C5(c3ccccc3)c3ccccc3)CC1CCC1C2CC[C@]2(C)C(=O)CCC12. The predicted octanol–water partition coefficient (Wildman–Crippen LogP) is 12.7. The van der Waals surface area contributed by atoms with Crippen LogP contribution in [0.25, 0.3) is 21.8 Å². The molecule has 306 valence electrons. The van der Waals surface area contributed by atoms with Crippen LogP contribution in [0.15, 0.2) is 133 Å². The van der Waals surface area contributed by atoms with Gasteiger partial charge in [-0.1, -0.05) is 123 Å². The van der Waals surface area contributed by atoms with Crippen molar-refractivity contribution in [2.24, 2.45) is 34.5 Å². The van der Waals surface area contributed by atoms with Gasteiger partial charge >= 0.3 is 5.97 Å². The number of H-pyrrole nitrogens is 2. The Morgan fingerprint density at radius 3 is 2.00 bits per heavy atom. The summed E-state index contributed by atoms with van der Waals surface area (Å²) in [6.07, 6.45) is 9.30. The van der Waals surface area contributed by atoms with Crippen LogP contribution in [0.1, 0.15) is 127 Å². The quantitative estimate of drug-likeness (QED) is 0.170. The molecule has 0 saturated heterocycles. The molecule has 12 rings (SSSR count). The minimum atomic E-state index is -0.699. The third-order valence-electron chi connectivity index (χ3n) is 17.3. The highest BCUT2D eigenvalue weighted by molar-refractivity contribution is 5.99. The summed E-state index contributed by atoms with van der Waals surface area (Å²) in [5, 5.41) is 2.25. The highest BCUT2D eigenvalue weighted by atomic mass is 16.5. The number of carbonyl (C=O) groups is 2. The third kappa shape index (κ3) is 5.25. The summed E-state index contributed by atoms with van der Waals surface area (Å²) in [5.74, 6) is 2.61. The normalized spacial score (nSPS) is 29.9. The van der Waals surface area contributed by atoms with Crippen LogP contribution >= 0.6 is 0 Å². The number of hydrogen-bond donors (Lipinski definition) is 2. The smallest absolute Gasteiger partial charge is 0.338 e. The maximum atomic E-state index is 14.5. The fraction of sp³-hybridized carbons (Fsp3) is 0.357. The number of ketones is 1. The molecule has 4 saturated carbocycles. The lowest BCUT2D eigenvalue weighted by molar-refractivity contribution is -0.142. The molecule has 7 aromatic rings. The van der Waals surface area contributed by atoms with Crippen molar-refractivity contribution in [1.29, 1.82) is 0 Å². The molecule has 0 bridgehead atoms. The number of fused-ring (bicyclic) bond motifs is 11. The molecule has 0 spiro atoms. The van der Waals surface area contributed by atoms with Crippen molar-refractivity contribution in [3.05, 3.63) is 178 Å². The second-order valence-corrected chi connectivity index (χ2v) is 19.8. The number of esters is 1. The molecule has 5 aromatic carbocycles. The number of hydrogen-bond acceptors (Lipinski definition) is 3. The molecule has 0 aliphatic heterocycles. The lowest BCUT2D eigenvalue weighted by atomic mass is 9.45. The van der Waals surface area contributed by atoms with Crippen molar-refractivity contribution in [2.45, 2.75) is 89.1 Å². The molecule has 4 fully saturated rings. The Balaban J connectivity index is 0.949. The highest BCUT2D eigenvalue weighted by Crippen LogP contribution is 2.66. The van der Waals surface area contributed by atoms with Gasteiger partial charge in [0.25, 0.3) is 0 Å². The maximum absolute atomic E-state index is 14.5. The molecular formula is C56H54N2O3. The summed E-state index contributed by atoms with van der Waals surface area (Å²) in [4.78, 5) is 35.5. The minimum absolute atomic E-state index is 0.0884. The number of Topliss-reactive ketones (excluding diaryl/α,β-unsaturated/α-hetero) is 1. The number of carbonyl (C=O) groups excluding carboxylic acids is 2. The molecular weight excluding hydrogens is 749 g/mol. The zero-order chi connectivity index (χ0) is 41.1. The molecule has 0 amide bonds. The maximum Gasteiger partial charge on any atom is 0.338 e. The van der Waals surface area contributed by atoms with Gasteiger partial charge in [-0.3, -0.25) is 4.79 Å². The molecule has 2 N–H and O–H groups in total. The lowest BCUT2D eigenvalue weighted by Crippen LogP contribution is -2.54. The van der Waals surface area contributed by atoms with E-state index in [1.54, 1.807) is 0 Å². The number of benzene rings is 5.